The summed E-state index contributed by atoms with van der Waals surface area (Å²) in [5, 5.41) is 8.90. The lowest BCUT2D eigenvalue weighted by Gasteiger charge is -2.07. The second-order valence-corrected chi connectivity index (χ2v) is 8.23. The van der Waals surface area contributed by atoms with Gasteiger partial charge in [-0.1, -0.05) is 41.1 Å². The molecule has 4 rings (SSSR count). The number of aromatic nitrogens is 4. The summed E-state index contributed by atoms with van der Waals surface area (Å²) in [5.74, 6) is 0.130. The molecule has 0 bridgehead atoms. The van der Waals surface area contributed by atoms with E-state index in [4.69, 9.17) is 11.6 Å². The van der Waals surface area contributed by atoms with Crippen molar-refractivity contribution in [2.75, 3.05) is 11.1 Å². The number of thioether (sulfide) groups is 1. The van der Waals surface area contributed by atoms with Gasteiger partial charge in [-0.15, -0.1) is 0 Å². The summed E-state index contributed by atoms with van der Waals surface area (Å²) < 4.78 is 1.85. The Morgan fingerprint density at radius 1 is 1.17 bits per heavy atom. The molecule has 0 unspecified atom stereocenters. The number of aryl methyl sites for hydroxylation is 2. The maximum atomic E-state index is 12.5. The van der Waals surface area contributed by atoms with Gasteiger partial charge >= 0.3 is 0 Å². The molecule has 0 aliphatic rings. The van der Waals surface area contributed by atoms with E-state index >= 15 is 0 Å². The number of benzene rings is 2. The summed E-state index contributed by atoms with van der Waals surface area (Å²) in [5.41, 5.74) is 6.24. The lowest BCUT2D eigenvalue weighted by atomic mass is 10.2. The van der Waals surface area contributed by atoms with Crippen molar-refractivity contribution in [1.29, 1.82) is 0 Å². The third-order valence-corrected chi connectivity index (χ3v) is 5.70. The summed E-state index contributed by atoms with van der Waals surface area (Å²) in [4.78, 5) is 20.2. The zero-order valence-electron chi connectivity index (χ0n) is 16.3. The Bertz CT molecular complexity index is 1200. The van der Waals surface area contributed by atoms with Gasteiger partial charge in [-0.3, -0.25) is 4.79 Å². The van der Waals surface area contributed by atoms with Crippen LogP contribution in [-0.4, -0.2) is 31.4 Å². The molecule has 1 amide bonds. The number of H-pyrrole nitrogens is 1. The molecule has 2 aromatic carbocycles. The molecule has 4 aromatic rings. The zero-order chi connectivity index (χ0) is 20.5. The van der Waals surface area contributed by atoms with Crippen LogP contribution in [0.1, 0.15) is 17.0 Å². The van der Waals surface area contributed by atoms with Crippen LogP contribution in [0.4, 0.5) is 5.69 Å². The van der Waals surface area contributed by atoms with Gasteiger partial charge in [-0.25, -0.2) is 9.67 Å². The average molecular weight is 426 g/mol. The Labute approximate surface area is 177 Å². The van der Waals surface area contributed by atoms with E-state index in [0.29, 0.717) is 10.2 Å². The van der Waals surface area contributed by atoms with Gasteiger partial charge in [-0.05, 0) is 51.1 Å². The molecule has 6 nitrogen and oxygen atoms in total. The van der Waals surface area contributed by atoms with Gasteiger partial charge < -0.3 is 10.3 Å². The Morgan fingerprint density at radius 3 is 2.69 bits per heavy atom. The smallest absolute Gasteiger partial charge is 0.234 e. The summed E-state index contributed by atoms with van der Waals surface area (Å²) in [6.45, 7) is 5.89. The third-order valence-electron chi connectivity index (χ3n) is 4.60. The van der Waals surface area contributed by atoms with Crippen LogP contribution < -0.4 is 5.32 Å². The van der Waals surface area contributed by atoms with Crippen LogP contribution in [0.3, 0.4) is 0 Å². The normalized spacial score (nSPS) is 11.2. The number of amides is 1. The van der Waals surface area contributed by atoms with Gasteiger partial charge in [0.2, 0.25) is 5.91 Å². The molecule has 0 aliphatic heterocycles. The SMILES string of the molecule is Cc1ccc(-n2nc(C)c(NC(=O)CSc3nc4ccc(Cl)cc4[nH]3)c2C)cc1. The number of hydrogen-bond donors (Lipinski definition) is 2. The fraction of sp³-hybridized carbons (Fsp3) is 0.190. The van der Waals surface area contributed by atoms with Crippen LogP contribution in [-0.2, 0) is 4.79 Å². The number of nitrogens with zero attached hydrogens (tertiary/aromatic N) is 3. The standard InChI is InChI=1S/C21H20ClN5OS/c1-12-4-7-16(8-5-12)27-14(3)20(13(2)26-27)25-19(28)11-29-21-23-17-9-6-15(22)10-18(17)24-21/h4-10H,11H2,1-3H3,(H,23,24)(H,25,28). The lowest BCUT2D eigenvalue weighted by Crippen LogP contribution is -2.15. The summed E-state index contributed by atoms with van der Waals surface area (Å²) >= 11 is 7.35. The van der Waals surface area contributed by atoms with Crippen molar-refractivity contribution in [2.24, 2.45) is 0 Å². The first-order valence-corrected chi connectivity index (χ1v) is 10.5. The highest BCUT2D eigenvalue weighted by molar-refractivity contribution is 7.99. The van der Waals surface area contributed by atoms with Gasteiger partial charge in [0.25, 0.3) is 0 Å². The van der Waals surface area contributed by atoms with E-state index in [2.05, 4.69) is 20.4 Å². The average Bonchev–Trinajstić information content (AvgIpc) is 3.22. The number of fused-ring (bicyclic) bond motifs is 1. The van der Waals surface area contributed by atoms with Gasteiger partial charge in [-0.2, -0.15) is 5.10 Å². The summed E-state index contributed by atoms with van der Waals surface area (Å²) in [7, 11) is 0. The summed E-state index contributed by atoms with van der Waals surface area (Å²) in [6.07, 6.45) is 0. The van der Waals surface area contributed by atoms with Gasteiger partial charge in [0.05, 0.1) is 39.5 Å². The molecule has 2 N–H and O–H groups in total. The number of nitrogens with one attached hydrogen (secondary N) is 2. The highest BCUT2D eigenvalue weighted by atomic mass is 35.5. The Kier molecular flexibility index (Phi) is 5.34. The van der Waals surface area contributed by atoms with Gasteiger partial charge in [0, 0.05) is 5.02 Å². The molecule has 29 heavy (non-hydrogen) atoms. The van der Waals surface area contributed by atoms with Crippen molar-refractivity contribution >= 4 is 46.0 Å². The molecular formula is C21H20ClN5OS. The number of anilines is 1. The maximum absolute atomic E-state index is 12.5. The topological polar surface area (TPSA) is 75.6 Å². The van der Waals surface area contributed by atoms with Crippen LogP contribution in [0.2, 0.25) is 5.02 Å². The molecule has 8 heteroatoms. The van der Waals surface area contributed by atoms with E-state index < -0.39 is 0 Å². The van der Waals surface area contributed by atoms with E-state index in [1.807, 2.05) is 61.9 Å². The fourth-order valence-electron chi connectivity index (χ4n) is 3.10. The van der Waals surface area contributed by atoms with E-state index in [-0.39, 0.29) is 11.7 Å². The fourth-order valence-corrected chi connectivity index (χ4v) is 3.95. The molecule has 0 spiro atoms. The lowest BCUT2D eigenvalue weighted by molar-refractivity contribution is -0.113. The van der Waals surface area contributed by atoms with Crippen molar-refractivity contribution < 1.29 is 4.79 Å². The predicted molar refractivity (Wildman–Crippen MR) is 118 cm³/mol. The van der Waals surface area contributed by atoms with E-state index in [1.54, 1.807) is 6.07 Å². The molecule has 148 valence electrons. The molecule has 0 saturated heterocycles. The van der Waals surface area contributed by atoms with Crippen LogP contribution in [0, 0.1) is 20.8 Å². The molecule has 0 fully saturated rings. The van der Waals surface area contributed by atoms with Crippen molar-refractivity contribution in [3.05, 3.63) is 64.4 Å². The first-order valence-electron chi connectivity index (χ1n) is 9.12. The van der Waals surface area contributed by atoms with Crippen LogP contribution >= 0.6 is 23.4 Å². The number of carbonyl (C=O) groups excluding carboxylic acids is 1. The highest BCUT2D eigenvalue weighted by Crippen LogP contribution is 2.25. The molecular weight excluding hydrogens is 406 g/mol. The second-order valence-electron chi connectivity index (χ2n) is 6.83. The number of rotatable bonds is 5. The van der Waals surface area contributed by atoms with Crippen LogP contribution in [0.5, 0.6) is 0 Å². The number of aromatic amines is 1. The van der Waals surface area contributed by atoms with Crippen molar-refractivity contribution in [3.8, 4) is 5.69 Å². The maximum Gasteiger partial charge on any atom is 0.234 e. The minimum atomic E-state index is -0.108. The number of imidazole rings is 1. The minimum absolute atomic E-state index is 0.108. The highest BCUT2D eigenvalue weighted by Gasteiger charge is 2.16. The minimum Gasteiger partial charge on any atom is -0.333 e. The molecule has 0 aliphatic carbocycles. The first kappa shape index (κ1) is 19.5. The molecule has 2 aromatic heterocycles. The van der Waals surface area contributed by atoms with Gasteiger partial charge in [0.1, 0.15) is 0 Å². The molecule has 0 saturated carbocycles. The Morgan fingerprint density at radius 2 is 1.93 bits per heavy atom. The third kappa shape index (κ3) is 4.16. The number of hydrogen-bond acceptors (Lipinski definition) is 4. The monoisotopic (exact) mass is 425 g/mol. The predicted octanol–water partition coefficient (Wildman–Crippen LogP) is 5.06. The Balaban J connectivity index is 1.46. The zero-order valence-corrected chi connectivity index (χ0v) is 17.9. The van der Waals surface area contributed by atoms with E-state index in [0.717, 1.165) is 33.8 Å². The molecule has 0 radical (unpaired) electrons. The van der Waals surface area contributed by atoms with Gasteiger partial charge in [0.15, 0.2) is 5.16 Å². The Hall–Kier alpha value is -2.77. The van der Waals surface area contributed by atoms with Crippen LogP contribution in [0.15, 0.2) is 47.6 Å². The largest absolute Gasteiger partial charge is 0.333 e. The van der Waals surface area contributed by atoms with Crippen molar-refractivity contribution in [3.63, 3.8) is 0 Å². The molecule has 2 heterocycles. The van der Waals surface area contributed by atoms with E-state index in [1.165, 1.54) is 17.3 Å². The first-order chi connectivity index (χ1) is 13.9. The quantitative estimate of drug-likeness (QED) is 0.438. The van der Waals surface area contributed by atoms with Crippen molar-refractivity contribution in [1.82, 2.24) is 19.7 Å². The molecule has 0 atom stereocenters. The number of halogens is 1. The second kappa shape index (κ2) is 7.93. The number of carbonyl (C=O) groups is 1. The van der Waals surface area contributed by atoms with Crippen molar-refractivity contribution in [2.45, 2.75) is 25.9 Å². The summed E-state index contributed by atoms with van der Waals surface area (Å²) in [6, 6.07) is 13.6. The van der Waals surface area contributed by atoms with E-state index in [9.17, 15) is 4.79 Å². The van der Waals surface area contributed by atoms with Crippen LogP contribution in [0.25, 0.3) is 16.7 Å².